The number of nitrogens with zero attached hydrogens (tertiary/aromatic N) is 2. The summed E-state index contributed by atoms with van der Waals surface area (Å²) in [7, 11) is 0. The van der Waals surface area contributed by atoms with Crippen molar-refractivity contribution >= 4 is 0 Å². The Kier molecular flexibility index (Phi) is 6.46. The van der Waals surface area contributed by atoms with Crippen molar-refractivity contribution in [2.75, 3.05) is 19.7 Å². The molecule has 0 aliphatic carbocycles. The summed E-state index contributed by atoms with van der Waals surface area (Å²) in [5.41, 5.74) is 1.21. The van der Waals surface area contributed by atoms with Crippen molar-refractivity contribution in [1.82, 2.24) is 15.2 Å². The molecule has 118 valence electrons. The van der Waals surface area contributed by atoms with Crippen molar-refractivity contribution in [3.63, 3.8) is 0 Å². The van der Waals surface area contributed by atoms with Crippen LogP contribution in [0.4, 0.5) is 0 Å². The van der Waals surface area contributed by atoms with Crippen LogP contribution in [0.1, 0.15) is 45.6 Å². The SMILES string of the molecule is CCCOc1ccncc1CN1CCC(NC(C)C)CC1. The lowest BCUT2D eigenvalue weighted by molar-refractivity contribution is 0.183. The van der Waals surface area contributed by atoms with Crippen molar-refractivity contribution in [2.45, 2.75) is 58.7 Å². The number of pyridine rings is 1. The van der Waals surface area contributed by atoms with E-state index in [1.807, 2.05) is 18.5 Å². The molecule has 0 spiro atoms. The molecular weight excluding hydrogens is 262 g/mol. The number of ether oxygens (including phenoxy) is 1. The average molecular weight is 291 g/mol. The maximum absolute atomic E-state index is 5.82. The van der Waals surface area contributed by atoms with Crippen LogP contribution in [0, 0.1) is 0 Å². The molecule has 1 fully saturated rings. The zero-order chi connectivity index (χ0) is 15.1. The van der Waals surface area contributed by atoms with E-state index in [9.17, 15) is 0 Å². The second kappa shape index (κ2) is 8.35. The zero-order valence-electron chi connectivity index (χ0n) is 13.6. The van der Waals surface area contributed by atoms with Crippen LogP contribution in [-0.2, 0) is 6.54 Å². The number of likely N-dealkylation sites (tertiary alicyclic amines) is 1. The van der Waals surface area contributed by atoms with E-state index in [0.29, 0.717) is 12.1 Å². The monoisotopic (exact) mass is 291 g/mol. The summed E-state index contributed by atoms with van der Waals surface area (Å²) in [5.74, 6) is 0.995. The summed E-state index contributed by atoms with van der Waals surface area (Å²) in [6.07, 6.45) is 7.25. The molecular formula is C17H29N3O. The van der Waals surface area contributed by atoms with Gasteiger partial charge in [-0.25, -0.2) is 0 Å². The highest BCUT2D eigenvalue weighted by Crippen LogP contribution is 2.21. The van der Waals surface area contributed by atoms with Crippen LogP contribution in [0.25, 0.3) is 0 Å². The fourth-order valence-electron chi connectivity index (χ4n) is 2.86. The highest BCUT2D eigenvalue weighted by Gasteiger charge is 2.20. The van der Waals surface area contributed by atoms with Crippen molar-refractivity contribution in [1.29, 1.82) is 0 Å². The number of hydrogen-bond acceptors (Lipinski definition) is 4. The molecule has 1 saturated heterocycles. The molecule has 0 unspecified atom stereocenters. The van der Waals surface area contributed by atoms with Crippen LogP contribution in [0.5, 0.6) is 5.75 Å². The minimum atomic E-state index is 0.578. The van der Waals surface area contributed by atoms with E-state index in [-0.39, 0.29) is 0 Å². The Labute approximate surface area is 128 Å². The smallest absolute Gasteiger partial charge is 0.126 e. The van der Waals surface area contributed by atoms with Crippen LogP contribution in [0.3, 0.4) is 0 Å². The van der Waals surface area contributed by atoms with Gasteiger partial charge in [-0.05, 0) is 38.4 Å². The topological polar surface area (TPSA) is 37.4 Å². The summed E-state index contributed by atoms with van der Waals surface area (Å²) in [5, 5.41) is 3.64. The Balaban J connectivity index is 1.85. The third kappa shape index (κ3) is 5.29. The molecule has 0 saturated carbocycles. The first-order valence-corrected chi connectivity index (χ1v) is 8.23. The van der Waals surface area contributed by atoms with E-state index >= 15 is 0 Å². The Hall–Kier alpha value is -1.13. The molecule has 4 heteroatoms. The predicted octanol–water partition coefficient (Wildman–Crippen LogP) is 2.83. The molecule has 2 rings (SSSR count). The zero-order valence-corrected chi connectivity index (χ0v) is 13.6. The summed E-state index contributed by atoms with van der Waals surface area (Å²) >= 11 is 0. The van der Waals surface area contributed by atoms with Gasteiger partial charge in [-0.15, -0.1) is 0 Å². The fraction of sp³-hybridized carbons (Fsp3) is 0.706. The van der Waals surface area contributed by atoms with Gasteiger partial charge >= 0.3 is 0 Å². The molecule has 0 bridgehead atoms. The lowest BCUT2D eigenvalue weighted by Crippen LogP contribution is -2.44. The normalized spacial score (nSPS) is 17.3. The van der Waals surface area contributed by atoms with E-state index in [0.717, 1.165) is 38.4 Å². The lowest BCUT2D eigenvalue weighted by atomic mass is 10.0. The summed E-state index contributed by atoms with van der Waals surface area (Å²) < 4.78 is 5.82. The number of nitrogens with one attached hydrogen (secondary N) is 1. The van der Waals surface area contributed by atoms with Crippen LogP contribution in [-0.4, -0.2) is 41.7 Å². The predicted molar refractivity (Wildman–Crippen MR) is 86.6 cm³/mol. The number of rotatable bonds is 7. The largest absolute Gasteiger partial charge is 0.493 e. The van der Waals surface area contributed by atoms with Crippen molar-refractivity contribution < 1.29 is 4.74 Å². The maximum Gasteiger partial charge on any atom is 0.126 e. The minimum absolute atomic E-state index is 0.578. The molecule has 0 atom stereocenters. The first-order chi connectivity index (χ1) is 10.2. The lowest BCUT2D eigenvalue weighted by Gasteiger charge is -2.33. The van der Waals surface area contributed by atoms with Gasteiger partial charge in [0.15, 0.2) is 0 Å². The Morgan fingerprint density at radius 1 is 1.38 bits per heavy atom. The van der Waals surface area contributed by atoms with Crippen LogP contribution in [0.15, 0.2) is 18.5 Å². The van der Waals surface area contributed by atoms with Gasteiger partial charge < -0.3 is 10.1 Å². The fourth-order valence-corrected chi connectivity index (χ4v) is 2.86. The van der Waals surface area contributed by atoms with E-state index in [4.69, 9.17) is 4.74 Å². The molecule has 2 heterocycles. The Morgan fingerprint density at radius 2 is 2.14 bits per heavy atom. The van der Waals surface area contributed by atoms with Crippen LogP contribution in [0.2, 0.25) is 0 Å². The van der Waals surface area contributed by atoms with Gasteiger partial charge in [0.25, 0.3) is 0 Å². The Bertz CT molecular complexity index is 414. The van der Waals surface area contributed by atoms with Crippen molar-refractivity contribution in [3.05, 3.63) is 24.0 Å². The molecule has 4 nitrogen and oxygen atoms in total. The first-order valence-electron chi connectivity index (χ1n) is 8.23. The van der Waals surface area contributed by atoms with Crippen molar-refractivity contribution in [2.24, 2.45) is 0 Å². The van der Waals surface area contributed by atoms with Gasteiger partial charge in [-0.1, -0.05) is 20.8 Å². The summed E-state index contributed by atoms with van der Waals surface area (Å²) in [4.78, 5) is 6.76. The molecule has 0 amide bonds. The Morgan fingerprint density at radius 3 is 2.81 bits per heavy atom. The highest BCUT2D eigenvalue weighted by molar-refractivity contribution is 5.30. The van der Waals surface area contributed by atoms with Crippen LogP contribution < -0.4 is 10.1 Å². The number of hydrogen-bond donors (Lipinski definition) is 1. The van der Waals surface area contributed by atoms with Gasteiger partial charge in [0.05, 0.1) is 6.61 Å². The first kappa shape index (κ1) is 16.2. The van der Waals surface area contributed by atoms with E-state index in [1.54, 1.807) is 0 Å². The van der Waals surface area contributed by atoms with Crippen molar-refractivity contribution in [3.8, 4) is 5.75 Å². The molecule has 1 aliphatic rings. The average Bonchev–Trinajstić information content (AvgIpc) is 2.48. The maximum atomic E-state index is 5.82. The molecule has 1 aromatic heterocycles. The highest BCUT2D eigenvalue weighted by atomic mass is 16.5. The van der Waals surface area contributed by atoms with Gasteiger partial charge in [0.2, 0.25) is 0 Å². The van der Waals surface area contributed by atoms with Gasteiger partial charge in [-0.2, -0.15) is 0 Å². The summed E-state index contributed by atoms with van der Waals surface area (Å²) in [6, 6.07) is 3.23. The molecule has 0 aromatic carbocycles. The van der Waals surface area contributed by atoms with Gasteiger partial charge in [0.1, 0.15) is 5.75 Å². The molecule has 1 N–H and O–H groups in total. The van der Waals surface area contributed by atoms with E-state index in [1.165, 1.54) is 18.4 Å². The van der Waals surface area contributed by atoms with E-state index < -0.39 is 0 Å². The molecule has 21 heavy (non-hydrogen) atoms. The summed E-state index contributed by atoms with van der Waals surface area (Å²) in [6.45, 7) is 10.6. The second-order valence-corrected chi connectivity index (χ2v) is 6.20. The quantitative estimate of drug-likeness (QED) is 0.838. The number of piperidine rings is 1. The van der Waals surface area contributed by atoms with Gasteiger partial charge in [-0.3, -0.25) is 9.88 Å². The third-order valence-corrected chi connectivity index (χ3v) is 3.87. The second-order valence-electron chi connectivity index (χ2n) is 6.20. The van der Waals surface area contributed by atoms with Crippen LogP contribution >= 0.6 is 0 Å². The molecule has 1 aliphatic heterocycles. The molecule has 0 radical (unpaired) electrons. The molecule has 1 aromatic rings. The minimum Gasteiger partial charge on any atom is -0.493 e. The third-order valence-electron chi connectivity index (χ3n) is 3.87. The number of aromatic nitrogens is 1. The van der Waals surface area contributed by atoms with E-state index in [2.05, 4.69) is 36.0 Å². The standard InChI is InChI=1S/C17H29N3O/c1-4-11-21-17-5-8-18-12-15(17)13-20-9-6-16(7-10-20)19-14(2)3/h5,8,12,14,16,19H,4,6-7,9-11,13H2,1-3H3. The van der Waals surface area contributed by atoms with Gasteiger partial charge in [0, 0.05) is 36.6 Å².